The van der Waals surface area contributed by atoms with E-state index in [-0.39, 0.29) is 30.5 Å². The van der Waals surface area contributed by atoms with Crippen LogP contribution in [0.3, 0.4) is 0 Å². The Hall–Kier alpha value is -4.81. The third-order valence-corrected chi connectivity index (χ3v) is 6.28. The molecule has 1 unspecified atom stereocenters. The molecule has 1 aliphatic rings. The van der Waals surface area contributed by atoms with Crippen molar-refractivity contribution in [2.24, 2.45) is 4.99 Å². The zero-order valence-corrected chi connectivity index (χ0v) is 22.3. The van der Waals surface area contributed by atoms with E-state index in [9.17, 15) is 19.6 Å². The number of nitrogens with one attached hydrogen (secondary N) is 1. The zero-order valence-electron chi connectivity index (χ0n) is 22.3. The van der Waals surface area contributed by atoms with Crippen molar-refractivity contribution in [3.8, 4) is 6.07 Å². The summed E-state index contributed by atoms with van der Waals surface area (Å²) in [7, 11) is 5.23. The number of nitrogens with zero attached hydrogens (tertiary/aromatic N) is 4. The summed E-state index contributed by atoms with van der Waals surface area (Å²) in [6.07, 6.45) is 0. The van der Waals surface area contributed by atoms with E-state index in [0.717, 1.165) is 5.56 Å². The standard InChI is InChI=1S/C30H29N5O4/c1-5-39-30(38)20-11-13-23-24(16-20)33-29(37)27(23)28(19-9-7-6-8-10-19)32-22-12-14-25(21(15-22)17-31)35(4)26(36)18-34(2)3/h6-16,27H,5,18H2,1-4H3,(H,33,37). The quantitative estimate of drug-likeness (QED) is 0.351. The molecule has 0 saturated heterocycles. The minimum atomic E-state index is -0.742. The van der Waals surface area contributed by atoms with Gasteiger partial charge >= 0.3 is 5.97 Å². The van der Waals surface area contributed by atoms with E-state index in [1.807, 2.05) is 30.3 Å². The molecule has 0 saturated carbocycles. The van der Waals surface area contributed by atoms with Crippen molar-refractivity contribution in [3.05, 3.63) is 89.0 Å². The highest BCUT2D eigenvalue weighted by Gasteiger charge is 2.36. The zero-order chi connectivity index (χ0) is 28.1. The van der Waals surface area contributed by atoms with Crippen LogP contribution < -0.4 is 10.2 Å². The summed E-state index contributed by atoms with van der Waals surface area (Å²) in [5.41, 5.74) is 4.00. The largest absolute Gasteiger partial charge is 0.462 e. The first-order valence-corrected chi connectivity index (χ1v) is 12.4. The van der Waals surface area contributed by atoms with Crippen LogP contribution in [0.2, 0.25) is 0 Å². The lowest BCUT2D eigenvalue weighted by Crippen LogP contribution is -2.35. The van der Waals surface area contributed by atoms with Gasteiger partial charge in [0.05, 0.1) is 41.4 Å². The molecule has 198 valence electrons. The molecule has 1 atom stereocenters. The molecule has 9 heteroatoms. The number of amides is 2. The van der Waals surface area contributed by atoms with E-state index in [1.54, 1.807) is 69.4 Å². The van der Waals surface area contributed by atoms with Gasteiger partial charge in [-0.05, 0) is 62.5 Å². The van der Waals surface area contributed by atoms with Crippen LogP contribution in [0.4, 0.5) is 17.1 Å². The monoisotopic (exact) mass is 523 g/mol. The third kappa shape index (κ3) is 5.87. The fourth-order valence-electron chi connectivity index (χ4n) is 4.41. The summed E-state index contributed by atoms with van der Waals surface area (Å²) in [6.45, 7) is 2.18. The van der Waals surface area contributed by atoms with Crippen LogP contribution in [-0.2, 0) is 14.3 Å². The van der Waals surface area contributed by atoms with Crippen LogP contribution in [0.15, 0.2) is 71.7 Å². The van der Waals surface area contributed by atoms with Crippen molar-refractivity contribution in [2.45, 2.75) is 12.8 Å². The molecule has 0 radical (unpaired) electrons. The van der Waals surface area contributed by atoms with Gasteiger partial charge in [-0.2, -0.15) is 5.26 Å². The molecule has 9 nitrogen and oxygen atoms in total. The first kappa shape index (κ1) is 27.2. The normalized spacial score (nSPS) is 14.4. The van der Waals surface area contributed by atoms with Gasteiger partial charge in [0, 0.05) is 12.7 Å². The molecule has 2 amide bonds. The Morgan fingerprint density at radius 2 is 1.77 bits per heavy atom. The molecular weight excluding hydrogens is 494 g/mol. The number of anilines is 2. The molecule has 1 N–H and O–H groups in total. The Bertz CT molecular complexity index is 1490. The Morgan fingerprint density at radius 1 is 1.03 bits per heavy atom. The van der Waals surface area contributed by atoms with Crippen LogP contribution in [0.1, 0.15) is 39.9 Å². The number of ether oxygens (including phenoxy) is 1. The molecule has 1 heterocycles. The molecule has 0 fully saturated rings. The Morgan fingerprint density at radius 3 is 2.44 bits per heavy atom. The summed E-state index contributed by atoms with van der Waals surface area (Å²) in [4.78, 5) is 46.1. The minimum Gasteiger partial charge on any atom is -0.462 e. The van der Waals surface area contributed by atoms with E-state index in [0.29, 0.717) is 33.9 Å². The van der Waals surface area contributed by atoms with Crippen molar-refractivity contribution in [1.29, 1.82) is 5.26 Å². The number of likely N-dealkylation sites (N-methyl/N-ethyl adjacent to an activating group) is 2. The highest BCUT2D eigenvalue weighted by molar-refractivity contribution is 6.24. The number of rotatable bonds is 8. The van der Waals surface area contributed by atoms with Crippen molar-refractivity contribution >= 4 is 40.6 Å². The molecule has 0 spiro atoms. The topological polar surface area (TPSA) is 115 Å². The Kier molecular flexibility index (Phi) is 8.18. The summed E-state index contributed by atoms with van der Waals surface area (Å²) < 4.78 is 5.09. The molecule has 39 heavy (non-hydrogen) atoms. The molecule has 0 aliphatic carbocycles. The lowest BCUT2D eigenvalue weighted by atomic mass is 9.90. The van der Waals surface area contributed by atoms with Crippen molar-refractivity contribution in [1.82, 2.24) is 4.90 Å². The smallest absolute Gasteiger partial charge is 0.338 e. The number of carbonyl (C=O) groups is 3. The van der Waals surface area contributed by atoms with Gasteiger partial charge in [0.15, 0.2) is 0 Å². The second-order valence-electron chi connectivity index (χ2n) is 9.31. The first-order valence-electron chi connectivity index (χ1n) is 12.4. The number of carbonyl (C=O) groups excluding carboxylic acids is 3. The van der Waals surface area contributed by atoms with Gasteiger partial charge in [-0.1, -0.05) is 36.4 Å². The molecule has 0 bridgehead atoms. The van der Waals surface area contributed by atoms with Crippen LogP contribution in [-0.4, -0.2) is 62.7 Å². The highest BCUT2D eigenvalue weighted by atomic mass is 16.5. The lowest BCUT2D eigenvalue weighted by Gasteiger charge is -2.21. The summed E-state index contributed by atoms with van der Waals surface area (Å²) >= 11 is 0. The van der Waals surface area contributed by atoms with E-state index in [4.69, 9.17) is 9.73 Å². The predicted molar refractivity (Wildman–Crippen MR) is 150 cm³/mol. The van der Waals surface area contributed by atoms with Crippen LogP contribution in [0.5, 0.6) is 0 Å². The lowest BCUT2D eigenvalue weighted by molar-refractivity contribution is -0.119. The van der Waals surface area contributed by atoms with E-state index in [2.05, 4.69) is 11.4 Å². The number of hydrogen-bond acceptors (Lipinski definition) is 7. The van der Waals surface area contributed by atoms with Gasteiger partial charge in [0.2, 0.25) is 11.8 Å². The number of hydrogen-bond donors (Lipinski definition) is 1. The molecule has 0 aromatic heterocycles. The first-order chi connectivity index (χ1) is 18.7. The van der Waals surface area contributed by atoms with Gasteiger partial charge in [0.25, 0.3) is 0 Å². The van der Waals surface area contributed by atoms with E-state index in [1.165, 1.54) is 4.90 Å². The Labute approximate surface area is 227 Å². The molecule has 3 aromatic rings. The van der Waals surface area contributed by atoms with Gasteiger partial charge in [0.1, 0.15) is 12.0 Å². The average molecular weight is 524 g/mol. The van der Waals surface area contributed by atoms with Crippen LogP contribution >= 0.6 is 0 Å². The maximum atomic E-state index is 13.3. The maximum absolute atomic E-state index is 13.3. The summed E-state index contributed by atoms with van der Waals surface area (Å²) in [6, 6.07) is 21.5. The van der Waals surface area contributed by atoms with Gasteiger partial charge in [-0.25, -0.2) is 4.79 Å². The second-order valence-corrected chi connectivity index (χ2v) is 9.31. The Balaban J connectivity index is 1.77. The van der Waals surface area contributed by atoms with Gasteiger partial charge < -0.3 is 19.9 Å². The number of fused-ring (bicyclic) bond motifs is 1. The molecule has 3 aromatic carbocycles. The minimum absolute atomic E-state index is 0.154. The number of benzene rings is 3. The van der Waals surface area contributed by atoms with Crippen LogP contribution in [0, 0.1) is 11.3 Å². The molecule has 1 aliphatic heterocycles. The fourth-order valence-corrected chi connectivity index (χ4v) is 4.41. The van der Waals surface area contributed by atoms with Crippen molar-refractivity contribution in [3.63, 3.8) is 0 Å². The van der Waals surface area contributed by atoms with Crippen molar-refractivity contribution < 1.29 is 19.1 Å². The number of aliphatic imine (C=N–C) groups is 1. The maximum Gasteiger partial charge on any atom is 0.338 e. The molecular formula is C30H29N5O4. The third-order valence-electron chi connectivity index (χ3n) is 6.28. The fraction of sp³-hybridized carbons (Fsp3) is 0.233. The summed E-state index contributed by atoms with van der Waals surface area (Å²) in [5.74, 6) is -1.64. The summed E-state index contributed by atoms with van der Waals surface area (Å²) in [5, 5.41) is 12.7. The van der Waals surface area contributed by atoms with E-state index >= 15 is 0 Å². The SMILES string of the molecule is CCOC(=O)c1ccc2c(c1)NC(=O)C2C(=Nc1ccc(N(C)C(=O)CN(C)C)c(C#N)c1)c1ccccc1. The van der Waals surface area contributed by atoms with E-state index < -0.39 is 11.9 Å². The predicted octanol–water partition coefficient (Wildman–Crippen LogP) is 4.12. The van der Waals surface area contributed by atoms with Gasteiger partial charge in [-0.15, -0.1) is 0 Å². The van der Waals surface area contributed by atoms with Crippen LogP contribution in [0.25, 0.3) is 0 Å². The van der Waals surface area contributed by atoms with Gasteiger partial charge in [-0.3, -0.25) is 14.6 Å². The highest BCUT2D eigenvalue weighted by Crippen LogP contribution is 2.37. The number of nitriles is 1. The van der Waals surface area contributed by atoms with Crippen molar-refractivity contribution in [2.75, 3.05) is 44.5 Å². The average Bonchev–Trinajstić information content (AvgIpc) is 3.26. The number of esters is 1. The molecule has 4 rings (SSSR count). The second kappa shape index (κ2) is 11.7.